The molecule has 0 aromatic rings. The van der Waals surface area contributed by atoms with E-state index in [1.165, 1.54) is 12.8 Å². The molecule has 0 radical (unpaired) electrons. The Hall–Kier alpha value is -0.570. The van der Waals surface area contributed by atoms with Crippen molar-refractivity contribution in [3.63, 3.8) is 0 Å². The topological polar surface area (TPSA) is 49.3 Å². The Morgan fingerprint density at radius 3 is 3.00 bits per heavy atom. The number of rotatable bonds is 1. The summed E-state index contributed by atoms with van der Waals surface area (Å²) in [6, 6.07) is 0. The third-order valence-corrected chi connectivity index (χ3v) is 3.99. The minimum Gasteiger partial charge on any atom is -0.481 e. The fourth-order valence-corrected chi connectivity index (χ4v) is 3.33. The molecule has 1 heterocycles. The molecule has 3 heteroatoms. The highest BCUT2D eigenvalue weighted by molar-refractivity contribution is 5.72. The second-order valence-corrected chi connectivity index (χ2v) is 5.09. The number of nitrogens with one attached hydrogen (secondary N) is 1. The van der Waals surface area contributed by atoms with E-state index in [1.807, 2.05) is 0 Å². The Morgan fingerprint density at radius 2 is 2.36 bits per heavy atom. The lowest BCUT2D eigenvalue weighted by atomic mass is 9.65. The van der Waals surface area contributed by atoms with E-state index in [-0.39, 0.29) is 11.3 Å². The largest absolute Gasteiger partial charge is 0.481 e. The zero-order valence-electron chi connectivity index (χ0n) is 8.75. The SMILES string of the molecule is C[C@@H]1CCCC2(CNCC2C(=O)O)C1. The van der Waals surface area contributed by atoms with Gasteiger partial charge in [-0.15, -0.1) is 0 Å². The van der Waals surface area contributed by atoms with Gasteiger partial charge < -0.3 is 10.4 Å². The molecule has 0 aromatic carbocycles. The van der Waals surface area contributed by atoms with E-state index < -0.39 is 5.97 Å². The van der Waals surface area contributed by atoms with Crippen LogP contribution in [0.5, 0.6) is 0 Å². The summed E-state index contributed by atoms with van der Waals surface area (Å²) in [6.45, 7) is 3.83. The molecule has 1 saturated heterocycles. The van der Waals surface area contributed by atoms with Crippen molar-refractivity contribution in [2.45, 2.75) is 32.6 Å². The normalized spacial score (nSPS) is 42.9. The van der Waals surface area contributed by atoms with Gasteiger partial charge in [0.2, 0.25) is 0 Å². The van der Waals surface area contributed by atoms with Gasteiger partial charge in [0, 0.05) is 13.1 Å². The van der Waals surface area contributed by atoms with Crippen molar-refractivity contribution in [1.82, 2.24) is 5.32 Å². The minimum absolute atomic E-state index is 0.0729. The summed E-state index contributed by atoms with van der Waals surface area (Å²) in [7, 11) is 0. The first-order valence-corrected chi connectivity index (χ1v) is 5.57. The van der Waals surface area contributed by atoms with Gasteiger partial charge in [-0.25, -0.2) is 0 Å². The molecule has 1 aliphatic carbocycles. The van der Waals surface area contributed by atoms with Gasteiger partial charge in [-0.1, -0.05) is 19.8 Å². The summed E-state index contributed by atoms with van der Waals surface area (Å²) >= 11 is 0. The van der Waals surface area contributed by atoms with Crippen LogP contribution in [0, 0.1) is 17.3 Å². The van der Waals surface area contributed by atoms with Crippen molar-refractivity contribution in [1.29, 1.82) is 0 Å². The number of hydrogen-bond acceptors (Lipinski definition) is 2. The molecule has 2 N–H and O–H groups in total. The van der Waals surface area contributed by atoms with Crippen LogP contribution in [0.1, 0.15) is 32.6 Å². The first kappa shape index (κ1) is 9.97. The van der Waals surface area contributed by atoms with Crippen LogP contribution in [-0.2, 0) is 4.79 Å². The molecule has 1 aliphatic heterocycles. The van der Waals surface area contributed by atoms with Gasteiger partial charge in [0.1, 0.15) is 0 Å². The molecule has 2 unspecified atom stereocenters. The highest BCUT2D eigenvalue weighted by Gasteiger charge is 2.48. The lowest BCUT2D eigenvalue weighted by molar-refractivity contribution is -0.145. The summed E-state index contributed by atoms with van der Waals surface area (Å²) in [5.74, 6) is -0.0557. The molecule has 3 nitrogen and oxygen atoms in total. The van der Waals surface area contributed by atoms with Crippen LogP contribution in [0.2, 0.25) is 0 Å². The molecule has 0 aromatic heterocycles. The molecule has 1 spiro atoms. The van der Waals surface area contributed by atoms with E-state index in [9.17, 15) is 9.90 Å². The minimum atomic E-state index is -0.607. The standard InChI is InChI=1S/C11H19NO2/c1-8-3-2-4-11(5-8)7-12-6-9(11)10(13)14/h8-9,12H,2-7H2,1H3,(H,13,14)/t8-,9?,11?/m1/s1. The molecule has 0 amide bonds. The first-order valence-electron chi connectivity index (χ1n) is 5.57. The van der Waals surface area contributed by atoms with Crippen LogP contribution in [-0.4, -0.2) is 24.2 Å². The lowest BCUT2D eigenvalue weighted by Crippen LogP contribution is -2.38. The summed E-state index contributed by atoms with van der Waals surface area (Å²) < 4.78 is 0. The van der Waals surface area contributed by atoms with Gasteiger partial charge in [-0.2, -0.15) is 0 Å². The second-order valence-electron chi connectivity index (χ2n) is 5.09. The maximum atomic E-state index is 11.1. The van der Waals surface area contributed by atoms with Crippen LogP contribution < -0.4 is 5.32 Å². The highest BCUT2D eigenvalue weighted by Crippen LogP contribution is 2.46. The summed E-state index contributed by atoms with van der Waals surface area (Å²) in [4.78, 5) is 11.1. The van der Waals surface area contributed by atoms with Gasteiger partial charge in [0.25, 0.3) is 0 Å². The van der Waals surface area contributed by atoms with E-state index in [1.54, 1.807) is 0 Å². The quantitative estimate of drug-likeness (QED) is 0.669. The summed E-state index contributed by atoms with van der Waals surface area (Å²) in [6.07, 6.45) is 4.67. The van der Waals surface area contributed by atoms with E-state index >= 15 is 0 Å². The van der Waals surface area contributed by atoms with Gasteiger partial charge in [0.05, 0.1) is 5.92 Å². The third-order valence-electron chi connectivity index (χ3n) is 3.99. The monoisotopic (exact) mass is 197 g/mol. The number of carbonyl (C=O) groups is 1. The first-order chi connectivity index (χ1) is 6.64. The Bertz CT molecular complexity index is 241. The smallest absolute Gasteiger partial charge is 0.308 e. The van der Waals surface area contributed by atoms with E-state index in [0.29, 0.717) is 12.5 Å². The van der Waals surface area contributed by atoms with Crippen molar-refractivity contribution < 1.29 is 9.90 Å². The predicted molar refractivity (Wildman–Crippen MR) is 54.1 cm³/mol. The van der Waals surface area contributed by atoms with Crippen molar-refractivity contribution in [2.24, 2.45) is 17.3 Å². The average molecular weight is 197 g/mol. The molecule has 80 valence electrons. The second kappa shape index (κ2) is 3.54. The average Bonchev–Trinajstić information content (AvgIpc) is 2.48. The summed E-state index contributed by atoms with van der Waals surface area (Å²) in [5, 5.41) is 12.4. The molecule has 2 fully saturated rings. The maximum Gasteiger partial charge on any atom is 0.308 e. The van der Waals surface area contributed by atoms with Gasteiger partial charge in [-0.3, -0.25) is 4.79 Å². The third kappa shape index (κ3) is 1.54. The Balaban J connectivity index is 2.16. The van der Waals surface area contributed by atoms with Crippen LogP contribution in [0.25, 0.3) is 0 Å². The Labute approximate surface area is 84.9 Å². The van der Waals surface area contributed by atoms with Crippen LogP contribution in [0.15, 0.2) is 0 Å². The molecule has 3 atom stereocenters. The van der Waals surface area contributed by atoms with E-state index in [2.05, 4.69) is 12.2 Å². The zero-order chi connectivity index (χ0) is 10.2. The molecular weight excluding hydrogens is 178 g/mol. The molecule has 14 heavy (non-hydrogen) atoms. The summed E-state index contributed by atoms with van der Waals surface area (Å²) in [5.41, 5.74) is 0.0729. The number of aliphatic carboxylic acids is 1. The number of carboxylic acids is 1. The van der Waals surface area contributed by atoms with E-state index in [0.717, 1.165) is 19.4 Å². The fraction of sp³-hybridized carbons (Fsp3) is 0.909. The Morgan fingerprint density at radius 1 is 1.57 bits per heavy atom. The highest BCUT2D eigenvalue weighted by atomic mass is 16.4. The lowest BCUT2D eigenvalue weighted by Gasteiger charge is -2.39. The van der Waals surface area contributed by atoms with Crippen LogP contribution >= 0.6 is 0 Å². The molecular formula is C11H19NO2. The van der Waals surface area contributed by atoms with Crippen molar-refractivity contribution in [3.05, 3.63) is 0 Å². The maximum absolute atomic E-state index is 11.1. The van der Waals surface area contributed by atoms with Gasteiger partial charge in [0.15, 0.2) is 0 Å². The molecule has 2 rings (SSSR count). The fourth-order valence-electron chi connectivity index (χ4n) is 3.33. The van der Waals surface area contributed by atoms with Crippen LogP contribution in [0.3, 0.4) is 0 Å². The number of carboxylic acid groups (broad SMARTS) is 1. The van der Waals surface area contributed by atoms with Crippen LogP contribution in [0.4, 0.5) is 0 Å². The molecule has 2 aliphatic rings. The van der Waals surface area contributed by atoms with Gasteiger partial charge >= 0.3 is 5.97 Å². The predicted octanol–water partition coefficient (Wildman–Crippen LogP) is 1.49. The van der Waals surface area contributed by atoms with Gasteiger partial charge in [-0.05, 0) is 24.2 Å². The molecule has 0 bridgehead atoms. The zero-order valence-corrected chi connectivity index (χ0v) is 8.75. The van der Waals surface area contributed by atoms with Crippen molar-refractivity contribution in [3.8, 4) is 0 Å². The number of hydrogen-bond donors (Lipinski definition) is 2. The molecule has 1 saturated carbocycles. The van der Waals surface area contributed by atoms with E-state index in [4.69, 9.17) is 0 Å². The Kier molecular flexibility index (Phi) is 2.52. The van der Waals surface area contributed by atoms with Crippen molar-refractivity contribution in [2.75, 3.05) is 13.1 Å². The van der Waals surface area contributed by atoms with Crippen molar-refractivity contribution >= 4 is 5.97 Å².